The van der Waals surface area contributed by atoms with Crippen LogP contribution in [0.2, 0.25) is 5.02 Å². The number of aromatic nitrogens is 4. The molecule has 0 radical (unpaired) electrons. The Kier molecular flexibility index (Phi) is 5.22. The van der Waals surface area contributed by atoms with E-state index in [0.29, 0.717) is 11.3 Å². The van der Waals surface area contributed by atoms with E-state index in [0.717, 1.165) is 16.8 Å². The zero-order chi connectivity index (χ0) is 21.5. The molecule has 0 spiro atoms. The lowest BCUT2D eigenvalue weighted by Gasteiger charge is -2.14. The van der Waals surface area contributed by atoms with E-state index in [1.807, 2.05) is 0 Å². The predicted octanol–water partition coefficient (Wildman–Crippen LogP) is 3.81. The van der Waals surface area contributed by atoms with Gasteiger partial charge in [0, 0.05) is 5.56 Å². The average molecular weight is 426 g/mol. The van der Waals surface area contributed by atoms with Crippen molar-refractivity contribution in [2.24, 2.45) is 0 Å². The Morgan fingerprint density at radius 1 is 1.17 bits per heavy atom. The highest BCUT2D eigenvalue weighted by molar-refractivity contribution is 6.30. The van der Waals surface area contributed by atoms with E-state index in [9.17, 15) is 22.8 Å². The van der Waals surface area contributed by atoms with Gasteiger partial charge in [0.1, 0.15) is 10.8 Å². The Bertz CT molecular complexity index is 1170. The zero-order valence-corrected chi connectivity index (χ0v) is 16.2. The summed E-state index contributed by atoms with van der Waals surface area (Å²) >= 11 is 5.83. The standard InChI is InChI=1S/C18H15ClF3N5O2/c1-8-9(2)26-27(17-23-10(3)13(19)16(29)25-17)14(8)24-15(28)11-6-4-5-7-12(11)18(20,21)22/h4-7H,1-3H3,(H,24,28)(H,23,25,29). The normalized spacial score (nSPS) is 11.6. The molecule has 0 bridgehead atoms. The smallest absolute Gasteiger partial charge is 0.306 e. The van der Waals surface area contributed by atoms with Crippen LogP contribution in [0.4, 0.5) is 19.0 Å². The highest BCUT2D eigenvalue weighted by atomic mass is 35.5. The largest absolute Gasteiger partial charge is 0.417 e. The fourth-order valence-corrected chi connectivity index (χ4v) is 2.75. The van der Waals surface area contributed by atoms with Gasteiger partial charge in [-0.1, -0.05) is 23.7 Å². The molecule has 0 saturated heterocycles. The van der Waals surface area contributed by atoms with Gasteiger partial charge in [0.25, 0.3) is 11.5 Å². The van der Waals surface area contributed by atoms with E-state index in [1.165, 1.54) is 19.1 Å². The summed E-state index contributed by atoms with van der Waals surface area (Å²) in [5, 5.41) is 6.56. The van der Waals surface area contributed by atoms with Crippen molar-refractivity contribution in [2.45, 2.75) is 26.9 Å². The first-order chi connectivity index (χ1) is 13.5. The lowest BCUT2D eigenvalue weighted by Crippen LogP contribution is -2.22. The average Bonchev–Trinajstić information content (AvgIpc) is 2.93. The van der Waals surface area contributed by atoms with Crippen molar-refractivity contribution in [3.8, 4) is 5.95 Å². The van der Waals surface area contributed by atoms with E-state index in [2.05, 4.69) is 20.4 Å². The van der Waals surface area contributed by atoms with Gasteiger partial charge < -0.3 is 5.32 Å². The molecule has 1 aromatic carbocycles. The minimum atomic E-state index is -4.70. The highest BCUT2D eigenvalue weighted by Crippen LogP contribution is 2.32. The molecule has 2 N–H and O–H groups in total. The van der Waals surface area contributed by atoms with Crippen LogP contribution in [0.3, 0.4) is 0 Å². The fourth-order valence-electron chi connectivity index (χ4n) is 2.67. The van der Waals surface area contributed by atoms with Crippen LogP contribution in [0.25, 0.3) is 5.95 Å². The summed E-state index contributed by atoms with van der Waals surface area (Å²) in [6.45, 7) is 4.79. The number of hydrogen-bond acceptors (Lipinski definition) is 4. The minimum absolute atomic E-state index is 0.0347. The number of anilines is 1. The first-order valence-electron chi connectivity index (χ1n) is 8.31. The SMILES string of the molecule is Cc1nn(-c2nc(C)c(Cl)c(=O)[nH]2)c(NC(=O)c2ccccc2C(F)(F)F)c1C. The Morgan fingerprint density at radius 3 is 2.45 bits per heavy atom. The number of amides is 1. The van der Waals surface area contributed by atoms with Crippen LogP contribution in [0.1, 0.15) is 32.9 Å². The molecule has 0 aliphatic heterocycles. The lowest BCUT2D eigenvalue weighted by molar-refractivity contribution is -0.137. The molecule has 3 aromatic rings. The van der Waals surface area contributed by atoms with Crippen LogP contribution in [-0.2, 0) is 6.18 Å². The quantitative estimate of drug-likeness (QED) is 0.667. The molecule has 0 atom stereocenters. The van der Waals surface area contributed by atoms with Crippen molar-refractivity contribution in [3.05, 3.63) is 67.7 Å². The third-order valence-corrected chi connectivity index (χ3v) is 4.73. The molecule has 0 aliphatic carbocycles. The summed E-state index contributed by atoms with van der Waals surface area (Å²) in [5.41, 5.74) is -1.00. The number of rotatable bonds is 3. The van der Waals surface area contributed by atoms with Crippen LogP contribution < -0.4 is 10.9 Å². The second kappa shape index (κ2) is 7.36. The summed E-state index contributed by atoms with van der Waals surface area (Å²) in [7, 11) is 0. The van der Waals surface area contributed by atoms with Crippen LogP contribution in [0.15, 0.2) is 29.1 Å². The van der Waals surface area contributed by atoms with Gasteiger partial charge in [-0.2, -0.15) is 23.0 Å². The number of halogens is 4. The second-order valence-electron chi connectivity index (χ2n) is 6.26. The zero-order valence-electron chi connectivity index (χ0n) is 15.5. The summed E-state index contributed by atoms with van der Waals surface area (Å²) in [6, 6.07) is 4.44. The topological polar surface area (TPSA) is 92.7 Å². The summed E-state index contributed by atoms with van der Waals surface area (Å²) in [4.78, 5) is 31.2. The van der Waals surface area contributed by atoms with E-state index in [1.54, 1.807) is 13.8 Å². The number of aromatic amines is 1. The Labute approximate surface area is 167 Å². The van der Waals surface area contributed by atoms with Gasteiger partial charge in [0.15, 0.2) is 0 Å². The number of carbonyl (C=O) groups excluding carboxylic acids is 1. The number of carbonyl (C=O) groups is 1. The van der Waals surface area contributed by atoms with Crippen molar-refractivity contribution < 1.29 is 18.0 Å². The first-order valence-corrected chi connectivity index (χ1v) is 8.69. The third kappa shape index (κ3) is 3.88. The van der Waals surface area contributed by atoms with Crippen molar-refractivity contribution in [1.82, 2.24) is 19.7 Å². The summed E-state index contributed by atoms with van der Waals surface area (Å²) < 4.78 is 40.9. The van der Waals surface area contributed by atoms with Gasteiger partial charge in [-0.05, 0) is 32.9 Å². The predicted molar refractivity (Wildman–Crippen MR) is 101 cm³/mol. The van der Waals surface area contributed by atoms with E-state index >= 15 is 0 Å². The molecule has 1 amide bonds. The van der Waals surface area contributed by atoms with Gasteiger partial charge in [0.05, 0.1) is 22.5 Å². The second-order valence-corrected chi connectivity index (χ2v) is 6.64. The number of nitrogens with one attached hydrogen (secondary N) is 2. The monoisotopic (exact) mass is 425 g/mol. The van der Waals surface area contributed by atoms with Crippen LogP contribution in [-0.4, -0.2) is 25.7 Å². The summed E-state index contributed by atoms with van der Waals surface area (Å²) in [5.74, 6) is -0.933. The number of hydrogen-bond donors (Lipinski definition) is 2. The molecule has 2 heterocycles. The third-order valence-electron chi connectivity index (χ3n) is 4.29. The number of H-pyrrole nitrogens is 1. The maximum atomic E-state index is 13.2. The number of nitrogens with zero attached hydrogens (tertiary/aromatic N) is 3. The number of aryl methyl sites for hydroxylation is 2. The molecule has 0 unspecified atom stereocenters. The molecule has 2 aromatic heterocycles. The van der Waals surface area contributed by atoms with Gasteiger partial charge in [-0.25, -0.2) is 4.98 Å². The molecule has 29 heavy (non-hydrogen) atoms. The molecule has 0 fully saturated rings. The molecule has 0 aliphatic rings. The van der Waals surface area contributed by atoms with Gasteiger partial charge in [-0.15, -0.1) is 0 Å². The molecular weight excluding hydrogens is 411 g/mol. The number of alkyl halides is 3. The number of benzene rings is 1. The Balaban J connectivity index is 2.09. The fraction of sp³-hybridized carbons (Fsp3) is 0.222. The Morgan fingerprint density at radius 2 is 1.83 bits per heavy atom. The minimum Gasteiger partial charge on any atom is -0.306 e. The van der Waals surface area contributed by atoms with E-state index < -0.39 is 28.8 Å². The lowest BCUT2D eigenvalue weighted by atomic mass is 10.1. The van der Waals surface area contributed by atoms with Gasteiger partial charge in [-0.3, -0.25) is 14.6 Å². The van der Waals surface area contributed by atoms with Crippen molar-refractivity contribution in [3.63, 3.8) is 0 Å². The van der Waals surface area contributed by atoms with E-state index in [-0.39, 0.29) is 22.5 Å². The maximum absolute atomic E-state index is 13.2. The molecule has 0 saturated carbocycles. The van der Waals surface area contributed by atoms with E-state index in [4.69, 9.17) is 11.6 Å². The van der Waals surface area contributed by atoms with Crippen LogP contribution in [0, 0.1) is 20.8 Å². The van der Waals surface area contributed by atoms with Crippen molar-refractivity contribution >= 4 is 23.3 Å². The Hall–Kier alpha value is -3.14. The molecule has 152 valence electrons. The van der Waals surface area contributed by atoms with Gasteiger partial charge in [0.2, 0.25) is 5.95 Å². The molecule has 3 rings (SSSR count). The van der Waals surface area contributed by atoms with Crippen LogP contribution >= 0.6 is 11.6 Å². The van der Waals surface area contributed by atoms with Gasteiger partial charge >= 0.3 is 6.18 Å². The van der Waals surface area contributed by atoms with Crippen molar-refractivity contribution in [1.29, 1.82) is 0 Å². The highest BCUT2D eigenvalue weighted by Gasteiger charge is 2.35. The van der Waals surface area contributed by atoms with Crippen molar-refractivity contribution in [2.75, 3.05) is 5.32 Å². The first kappa shape index (κ1) is 20.6. The molecule has 11 heteroatoms. The summed E-state index contributed by atoms with van der Waals surface area (Å²) in [6.07, 6.45) is -4.70. The molecular formula is C18H15ClF3N5O2. The maximum Gasteiger partial charge on any atom is 0.417 e. The van der Waals surface area contributed by atoms with Crippen LogP contribution in [0.5, 0.6) is 0 Å². The molecule has 7 nitrogen and oxygen atoms in total.